The zero-order chi connectivity index (χ0) is 20.9. The first kappa shape index (κ1) is 21.2. The van der Waals surface area contributed by atoms with Gasteiger partial charge in [0.05, 0.1) is 29.7 Å². The molecule has 0 aliphatic heterocycles. The molecule has 29 heavy (non-hydrogen) atoms. The molecule has 2 atom stereocenters. The number of rotatable bonds is 8. The fourth-order valence-corrected chi connectivity index (χ4v) is 3.91. The molecule has 152 valence electrons. The van der Waals surface area contributed by atoms with Crippen LogP contribution in [0, 0.1) is 0 Å². The van der Waals surface area contributed by atoms with E-state index in [1.54, 1.807) is 12.1 Å². The van der Waals surface area contributed by atoms with Crippen LogP contribution in [0.15, 0.2) is 89.8 Å². The van der Waals surface area contributed by atoms with Crippen molar-refractivity contribution < 1.29 is 18.6 Å². The van der Waals surface area contributed by atoms with Gasteiger partial charge in [-0.15, -0.1) is 0 Å². The molecule has 0 aliphatic rings. The van der Waals surface area contributed by atoms with Crippen molar-refractivity contribution in [3.05, 3.63) is 102 Å². The van der Waals surface area contributed by atoms with Crippen molar-refractivity contribution >= 4 is 9.84 Å². The van der Waals surface area contributed by atoms with Gasteiger partial charge in [-0.05, 0) is 28.8 Å². The standard InChI is InChI=1S/C23H25NO4S/c1-29(27,28)20-14-12-19(13-15-20)23(26)21(16-25)24-22(17-8-4-2-5-9-17)18-10-6-3-7-11-18/h2-15,21-26H,16H2,1H3/t21-,23-/m1/s1. The molecule has 3 N–H and O–H groups in total. The van der Waals surface area contributed by atoms with Gasteiger partial charge in [0.1, 0.15) is 0 Å². The summed E-state index contributed by atoms with van der Waals surface area (Å²) in [5.41, 5.74) is 2.55. The lowest BCUT2D eigenvalue weighted by atomic mass is 9.95. The van der Waals surface area contributed by atoms with Crippen LogP contribution in [0.25, 0.3) is 0 Å². The summed E-state index contributed by atoms with van der Waals surface area (Å²) in [5.74, 6) is 0. The Hall–Kier alpha value is -2.51. The van der Waals surface area contributed by atoms with Gasteiger partial charge in [0.15, 0.2) is 9.84 Å². The van der Waals surface area contributed by atoms with E-state index < -0.39 is 22.0 Å². The third-order valence-corrected chi connectivity index (χ3v) is 6.00. The lowest BCUT2D eigenvalue weighted by Crippen LogP contribution is -2.40. The zero-order valence-electron chi connectivity index (χ0n) is 16.1. The van der Waals surface area contributed by atoms with Crippen molar-refractivity contribution in [2.45, 2.75) is 23.1 Å². The summed E-state index contributed by atoms with van der Waals surface area (Å²) in [4.78, 5) is 0.188. The van der Waals surface area contributed by atoms with Crippen LogP contribution >= 0.6 is 0 Å². The van der Waals surface area contributed by atoms with E-state index in [1.807, 2.05) is 60.7 Å². The number of aliphatic hydroxyl groups is 2. The van der Waals surface area contributed by atoms with E-state index in [1.165, 1.54) is 12.1 Å². The highest BCUT2D eigenvalue weighted by Crippen LogP contribution is 2.26. The first-order valence-corrected chi connectivity index (χ1v) is 11.2. The fraction of sp³-hybridized carbons (Fsp3) is 0.217. The summed E-state index contributed by atoms with van der Waals surface area (Å²) >= 11 is 0. The van der Waals surface area contributed by atoms with E-state index in [-0.39, 0.29) is 17.5 Å². The Morgan fingerprint density at radius 3 is 1.69 bits per heavy atom. The Morgan fingerprint density at radius 2 is 1.28 bits per heavy atom. The molecule has 0 bridgehead atoms. The Balaban J connectivity index is 1.87. The van der Waals surface area contributed by atoms with Crippen LogP contribution in [0.4, 0.5) is 0 Å². The van der Waals surface area contributed by atoms with Crippen LogP contribution in [-0.2, 0) is 9.84 Å². The van der Waals surface area contributed by atoms with Crippen LogP contribution in [0.3, 0.4) is 0 Å². The monoisotopic (exact) mass is 411 g/mol. The summed E-state index contributed by atoms with van der Waals surface area (Å²) in [6.07, 6.45) is 0.129. The highest BCUT2D eigenvalue weighted by molar-refractivity contribution is 7.90. The number of hydrogen-bond acceptors (Lipinski definition) is 5. The minimum Gasteiger partial charge on any atom is -0.395 e. The average molecular weight is 412 g/mol. The van der Waals surface area contributed by atoms with Gasteiger partial charge in [-0.1, -0.05) is 72.8 Å². The number of aliphatic hydroxyl groups excluding tert-OH is 2. The second-order valence-corrected chi connectivity index (χ2v) is 9.01. The van der Waals surface area contributed by atoms with Gasteiger partial charge < -0.3 is 10.2 Å². The molecule has 0 aromatic heterocycles. The molecule has 0 heterocycles. The third kappa shape index (κ3) is 5.31. The molecule has 0 saturated heterocycles. The van der Waals surface area contributed by atoms with E-state index in [2.05, 4.69) is 5.32 Å². The highest BCUT2D eigenvalue weighted by atomic mass is 32.2. The molecule has 0 amide bonds. The van der Waals surface area contributed by atoms with E-state index in [0.717, 1.165) is 17.4 Å². The maximum absolute atomic E-state index is 11.6. The largest absolute Gasteiger partial charge is 0.395 e. The number of benzene rings is 3. The van der Waals surface area contributed by atoms with E-state index in [0.29, 0.717) is 5.56 Å². The summed E-state index contributed by atoms with van der Waals surface area (Å²) in [6, 6.07) is 24.8. The average Bonchev–Trinajstić information content (AvgIpc) is 2.75. The second-order valence-electron chi connectivity index (χ2n) is 7.00. The minimum atomic E-state index is -3.31. The number of hydrogen-bond donors (Lipinski definition) is 3. The van der Waals surface area contributed by atoms with Crippen LogP contribution in [0.1, 0.15) is 28.8 Å². The predicted molar refractivity (Wildman–Crippen MR) is 113 cm³/mol. The maximum atomic E-state index is 11.6. The summed E-state index contributed by atoms with van der Waals surface area (Å²) in [6.45, 7) is -0.287. The fourth-order valence-electron chi connectivity index (χ4n) is 3.28. The van der Waals surface area contributed by atoms with Crippen LogP contribution in [0.5, 0.6) is 0 Å². The molecule has 3 aromatic carbocycles. The first-order valence-electron chi connectivity index (χ1n) is 9.35. The molecule has 0 spiro atoms. The molecule has 3 rings (SSSR count). The Bertz CT molecular complexity index is 966. The molecule has 6 heteroatoms. The summed E-state index contributed by atoms with van der Waals surface area (Å²) in [5, 5.41) is 24.2. The van der Waals surface area contributed by atoms with Gasteiger partial charge in [0.25, 0.3) is 0 Å². The van der Waals surface area contributed by atoms with Gasteiger partial charge in [0.2, 0.25) is 0 Å². The van der Waals surface area contributed by atoms with Crippen LogP contribution in [-0.4, -0.2) is 37.5 Å². The van der Waals surface area contributed by atoms with Gasteiger partial charge in [-0.2, -0.15) is 0 Å². The second kappa shape index (κ2) is 9.33. The Morgan fingerprint density at radius 1 is 0.793 bits per heavy atom. The normalized spacial score (nSPS) is 13.9. The van der Waals surface area contributed by atoms with Crippen molar-refractivity contribution in [1.29, 1.82) is 0 Å². The lowest BCUT2D eigenvalue weighted by Gasteiger charge is -2.29. The van der Waals surface area contributed by atoms with Crippen molar-refractivity contribution in [1.82, 2.24) is 5.32 Å². The minimum absolute atomic E-state index is 0.188. The van der Waals surface area contributed by atoms with Crippen LogP contribution in [0.2, 0.25) is 0 Å². The molecule has 5 nitrogen and oxygen atoms in total. The number of nitrogens with one attached hydrogen (secondary N) is 1. The molecule has 0 saturated carbocycles. The molecule has 0 aliphatic carbocycles. The van der Waals surface area contributed by atoms with E-state index in [9.17, 15) is 18.6 Å². The SMILES string of the molecule is CS(=O)(=O)c1ccc([C@@H](O)[C@@H](CO)NC(c2ccccc2)c2ccccc2)cc1. The molecule has 0 unspecified atom stereocenters. The van der Waals surface area contributed by atoms with E-state index >= 15 is 0 Å². The van der Waals surface area contributed by atoms with Crippen LogP contribution < -0.4 is 5.32 Å². The highest BCUT2D eigenvalue weighted by Gasteiger charge is 2.25. The molecular formula is C23H25NO4S. The summed E-state index contributed by atoms with van der Waals surface area (Å²) in [7, 11) is -3.31. The van der Waals surface area contributed by atoms with Gasteiger partial charge in [0, 0.05) is 6.26 Å². The predicted octanol–water partition coefficient (Wildman–Crippen LogP) is 2.86. The first-order chi connectivity index (χ1) is 13.9. The molecule has 0 fully saturated rings. The Kier molecular flexibility index (Phi) is 6.82. The van der Waals surface area contributed by atoms with E-state index in [4.69, 9.17) is 0 Å². The molecule has 0 radical (unpaired) electrons. The van der Waals surface area contributed by atoms with Gasteiger partial charge in [-0.25, -0.2) is 8.42 Å². The van der Waals surface area contributed by atoms with Crippen molar-refractivity contribution in [3.8, 4) is 0 Å². The smallest absolute Gasteiger partial charge is 0.175 e. The van der Waals surface area contributed by atoms with Crippen molar-refractivity contribution in [2.24, 2.45) is 0 Å². The Labute approximate surface area is 171 Å². The van der Waals surface area contributed by atoms with Gasteiger partial charge in [-0.3, -0.25) is 5.32 Å². The number of sulfone groups is 1. The van der Waals surface area contributed by atoms with Crippen molar-refractivity contribution in [2.75, 3.05) is 12.9 Å². The molecule has 3 aromatic rings. The third-order valence-electron chi connectivity index (χ3n) is 4.87. The quantitative estimate of drug-likeness (QED) is 0.531. The lowest BCUT2D eigenvalue weighted by molar-refractivity contribution is 0.0858. The molecular weight excluding hydrogens is 386 g/mol. The zero-order valence-corrected chi connectivity index (χ0v) is 17.0. The van der Waals surface area contributed by atoms with Crippen molar-refractivity contribution in [3.63, 3.8) is 0 Å². The summed E-state index contributed by atoms with van der Waals surface area (Å²) < 4.78 is 23.3. The topological polar surface area (TPSA) is 86.6 Å². The maximum Gasteiger partial charge on any atom is 0.175 e. The van der Waals surface area contributed by atoms with Gasteiger partial charge >= 0.3 is 0 Å².